The van der Waals surface area contributed by atoms with Gasteiger partial charge in [-0.05, 0) is 42.7 Å². The van der Waals surface area contributed by atoms with Crippen LogP contribution >= 0.6 is 35.0 Å². The second-order valence-corrected chi connectivity index (χ2v) is 9.75. The molecular formula is C28H17Cl2N7O3S. The summed E-state index contributed by atoms with van der Waals surface area (Å²) in [4.78, 5) is 32.5. The van der Waals surface area contributed by atoms with E-state index in [9.17, 15) is 25.4 Å². The van der Waals surface area contributed by atoms with E-state index in [1.54, 1.807) is 54.8 Å². The Labute approximate surface area is 248 Å². The average Bonchev–Trinajstić information content (AvgIpc) is 2.96. The Morgan fingerprint density at radius 1 is 1.02 bits per heavy atom. The molecule has 1 heterocycles. The van der Waals surface area contributed by atoms with Crippen molar-refractivity contribution >= 4 is 69.8 Å². The number of benzene rings is 3. The maximum atomic E-state index is 12.9. The number of thioether (sulfide) groups is 1. The third-order valence-electron chi connectivity index (χ3n) is 5.55. The highest BCUT2D eigenvalue weighted by Crippen LogP contribution is 2.32. The Balaban J connectivity index is 1.65. The molecule has 13 heteroatoms. The van der Waals surface area contributed by atoms with Gasteiger partial charge in [0.2, 0.25) is 0 Å². The third-order valence-corrected chi connectivity index (χ3v) is 6.76. The number of aromatic nitrogens is 2. The number of non-ortho nitro benzene ring substituents is 1. The summed E-state index contributed by atoms with van der Waals surface area (Å²) < 4.78 is 0. The van der Waals surface area contributed by atoms with Crippen LogP contribution in [0.25, 0.3) is 17.3 Å². The van der Waals surface area contributed by atoms with Crippen LogP contribution in [0.3, 0.4) is 0 Å². The molecule has 0 aliphatic rings. The van der Waals surface area contributed by atoms with Crippen LogP contribution in [0.15, 0.2) is 77.5 Å². The van der Waals surface area contributed by atoms with Gasteiger partial charge in [-0.15, -0.1) is 0 Å². The van der Waals surface area contributed by atoms with Crippen LogP contribution in [0, 0.1) is 32.8 Å². The molecule has 3 aromatic carbocycles. The lowest BCUT2D eigenvalue weighted by Gasteiger charge is -2.13. The van der Waals surface area contributed by atoms with Gasteiger partial charge >= 0.3 is 0 Å². The minimum atomic E-state index is -0.682. The molecule has 0 radical (unpaired) electrons. The van der Waals surface area contributed by atoms with Gasteiger partial charge in [0, 0.05) is 44.7 Å². The SMILES string of the molecule is CSc1nc(Nc2cccc(NC(=O)/C(C#N)=C/c3c(Cl)cccc3Cl)c2)c(C#N)c(-c2cccc([N+](=O)[O-])c2)n1. The first-order valence-electron chi connectivity index (χ1n) is 11.6. The Bertz CT molecular complexity index is 1780. The number of carbonyl (C=O) groups excluding carboxylic acids is 1. The van der Waals surface area contributed by atoms with Crippen molar-refractivity contribution in [2.45, 2.75) is 5.16 Å². The van der Waals surface area contributed by atoms with Gasteiger partial charge in [0.1, 0.15) is 23.3 Å². The number of anilines is 3. The number of nitrogens with zero attached hydrogens (tertiary/aromatic N) is 5. The smallest absolute Gasteiger partial charge is 0.270 e. The fraction of sp³-hybridized carbons (Fsp3) is 0.0357. The summed E-state index contributed by atoms with van der Waals surface area (Å²) >= 11 is 13.6. The molecule has 0 aliphatic heterocycles. The Morgan fingerprint density at radius 3 is 2.37 bits per heavy atom. The number of rotatable bonds is 8. The normalized spacial score (nSPS) is 10.8. The van der Waals surface area contributed by atoms with E-state index in [-0.39, 0.29) is 38.4 Å². The summed E-state index contributed by atoms with van der Waals surface area (Å²) in [6, 6.07) is 21.1. The highest BCUT2D eigenvalue weighted by atomic mass is 35.5. The van der Waals surface area contributed by atoms with E-state index in [0.29, 0.717) is 27.7 Å². The predicted molar refractivity (Wildman–Crippen MR) is 159 cm³/mol. The standard InChI is InChI=1S/C28H17Cl2N7O3S/c1-41-28-35-25(16-5-2-8-20(11-16)37(39)40)22(15-32)26(36-28)33-18-6-3-7-19(13-18)34-27(38)17(14-31)12-21-23(29)9-4-10-24(21)30/h2-13H,1H3,(H,34,38)(H,33,35,36)/b17-12+. The van der Waals surface area contributed by atoms with E-state index in [1.807, 2.05) is 6.07 Å². The highest BCUT2D eigenvalue weighted by molar-refractivity contribution is 7.98. The molecule has 0 spiro atoms. The molecule has 0 saturated heterocycles. The quantitative estimate of drug-likeness (QED) is 0.0529. The van der Waals surface area contributed by atoms with Crippen molar-refractivity contribution in [1.29, 1.82) is 10.5 Å². The monoisotopic (exact) mass is 601 g/mol. The number of nitriles is 2. The summed E-state index contributed by atoms with van der Waals surface area (Å²) in [6.45, 7) is 0. The molecule has 41 heavy (non-hydrogen) atoms. The molecule has 0 atom stereocenters. The van der Waals surface area contributed by atoms with Crippen molar-refractivity contribution in [3.8, 4) is 23.4 Å². The molecule has 1 amide bonds. The van der Waals surface area contributed by atoms with Crippen LogP contribution in [-0.4, -0.2) is 27.1 Å². The van der Waals surface area contributed by atoms with Gasteiger partial charge in [-0.1, -0.05) is 59.2 Å². The van der Waals surface area contributed by atoms with Crippen LogP contribution in [0.4, 0.5) is 22.9 Å². The lowest BCUT2D eigenvalue weighted by molar-refractivity contribution is -0.384. The molecule has 4 rings (SSSR count). The second kappa shape index (κ2) is 12.9. The highest BCUT2D eigenvalue weighted by Gasteiger charge is 2.19. The minimum absolute atomic E-state index is 0.0732. The first-order valence-corrected chi connectivity index (χ1v) is 13.6. The third kappa shape index (κ3) is 6.80. The molecule has 0 fully saturated rings. The molecule has 202 valence electrons. The zero-order valence-electron chi connectivity index (χ0n) is 21.1. The van der Waals surface area contributed by atoms with Gasteiger partial charge in [0.25, 0.3) is 11.6 Å². The van der Waals surface area contributed by atoms with E-state index in [1.165, 1.54) is 36.0 Å². The van der Waals surface area contributed by atoms with Crippen molar-refractivity contribution in [3.05, 3.63) is 104 Å². The van der Waals surface area contributed by atoms with E-state index in [0.717, 1.165) is 0 Å². The molecule has 0 aliphatic carbocycles. The van der Waals surface area contributed by atoms with E-state index < -0.39 is 10.8 Å². The number of amides is 1. The van der Waals surface area contributed by atoms with Crippen molar-refractivity contribution in [2.75, 3.05) is 16.9 Å². The first-order chi connectivity index (χ1) is 19.7. The number of nitro groups is 1. The van der Waals surface area contributed by atoms with E-state index in [2.05, 4.69) is 26.7 Å². The maximum absolute atomic E-state index is 12.9. The largest absolute Gasteiger partial charge is 0.339 e. The summed E-state index contributed by atoms with van der Waals surface area (Å²) in [6.07, 6.45) is 3.07. The van der Waals surface area contributed by atoms with Crippen LogP contribution in [0.5, 0.6) is 0 Å². The lowest BCUT2D eigenvalue weighted by Crippen LogP contribution is -2.13. The molecule has 0 saturated carbocycles. The molecule has 10 nitrogen and oxygen atoms in total. The zero-order valence-corrected chi connectivity index (χ0v) is 23.4. The molecule has 0 unspecified atom stereocenters. The molecule has 0 bridgehead atoms. The van der Waals surface area contributed by atoms with Crippen LogP contribution < -0.4 is 10.6 Å². The fourth-order valence-electron chi connectivity index (χ4n) is 3.65. The number of halogens is 2. The maximum Gasteiger partial charge on any atom is 0.270 e. The number of carbonyl (C=O) groups is 1. The van der Waals surface area contributed by atoms with Crippen LogP contribution in [-0.2, 0) is 4.79 Å². The Morgan fingerprint density at radius 2 is 1.71 bits per heavy atom. The van der Waals surface area contributed by atoms with Crippen LogP contribution in [0.2, 0.25) is 10.0 Å². The molecule has 2 N–H and O–H groups in total. The zero-order chi connectivity index (χ0) is 29.5. The first kappa shape index (κ1) is 29.1. The predicted octanol–water partition coefficient (Wildman–Crippen LogP) is 7.24. The Hall–Kier alpha value is -4.94. The van der Waals surface area contributed by atoms with E-state index >= 15 is 0 Å². The van der Waals surface area contributed by atoms with E-state index in [4.69, 9.17) is 23.2 Å². The van der Waals surface area contributed by atoms with Gasteiger partial charge in [0.15, 0.2) is 11.0 Å². The second-order valence-electron chi connectivity index (χ2n) is 8.17. The number of hydrogen-bond donors (Lipinski definition) is 2. The molecule has 1 aromatic heterocycles. The van der Waals surface area contributed by atoms with Crippen molar-refractivity contribution in [3.63, 3.8) is 0 Å². The average molecular weight is 602 g/mol. The fourth-order valence-corrected chi connectivity index (χ4v) is 4.53. The molecule has 4 aromatic rings. The number of nitrogens with one attached hydrogen (secondary N) is 2. The van der Waals surface area contributed by atoms with Crippen molar-refractivity contribution < 1.29 is 9.72 Å². The Kier molecular flexibility index (Phi) is 9.17. The van der Waals surface area contributed by atoms with Gasteiger partial charge in [0.05, 0.1) is 10.6 Å². The van der Waals surface area contributed by atoms with Gasteiger partial charge in [-0.25, -0.2) is 9.97 Å². The van der Waals surface area contributed by atoms with Gasteiger partial charge < -0.3 is 10.6 Å². The molecular weight excluding hydrogens is 585 g/mol. The number of nitro benzene ring substituents is 1. The van der Waals surface area contributed by atoms with Crippen molar-refractivity contribution in [1.82, 2.24) is 9.97 Å². The summed E-state index contributed by atoms with van der Waals surface area (Å²) in [5.74, 6) is -0.513. The summed E-state index contributed by atoms with van der Waals surface area (Å²) in [5.41, 5.74) is 1.48. The topological polar surface area (TPSA) is 158 Å². The van der Waals surface area contributed by atoms with Gasteiger partial charge in [-0.2, -0.15) is 10.5 Å². The minimum Gasteiger partial charge on any atom is -0.339 e. The number of hydrogen-bond acceptors (Lipinski definition) is 9. The summed E-state index contributed by atoms with van der Waals surface area (Å²) in [5, 5.41) is 37.5. The summed E-state index contributed by atoms with van der Waals surface area (Å²) in [7, 11) is 0. The van der Waals surface area contributed by atoms with Gasteiger partial charge in [-0.3, -0.25) is 14.9 Å². The van der Waals surface area contributed by atoms with Crippen LogP contribution in [0.1, 0.15) is 11.1 Å². The lowest BCUT2D eigenvalue weighted by atomic mass is 10.1. The van der Waals surface area contributed by atoms with Crippen molar-refractivity contribution in [2.24, 2.45) is 0 Å².